The molecule has 0 aliphatic carbocycles. The maximum absolute atomic E-state index is 13.0. The summed E-state index contributed by atoms with van der Waals surface area (Å²) in [6, 6.07) is 3.55. The SMILES string of the molecule is CCOc1cccc(C(=O)N[C@H]2CN3C(N)=N[C@@H](CN4C(=O)CCC4=O)[C@@H]4[NH+]=C(N)N[C@@]43C2(O)O)c1. The van der Waals surface area contributed by atoms with E-state index in [1.54, 1.807) is 24.3 Å². The Labute approximate surface area is 206 Å². The van der Waals surface area contributed by atoms with E-state index in [0.717, 1.165) is 4.90 Å². The first-order valence-electron chi connectivity index (χ1n) is 11.7. The lowest BCUT2D eigenvalue weighted by molar-refractivity contribution is -0.521. The molecular weight excluding hydrogens is 472 g/mol. The van der Waals surface area contributed by atoms with Crippen LogP contribution in [-0.4, -0.2) is 98.9 Å². The molecule has 0 aromatic heterocycles. The number of benzene rings is 1. The Morgan fingerprint density at radius 3 is 2.72 bits per heavy atom. The third-order valence-electron chi connectivity index (χ3n) is 7.12. The minimum Gasteiger partial charge on any atom is -0.494 e. The molecule has 0 radical (unpaired) electrons. The van der Waals surface area contributed by atoms with Crippen LogP contribution in [-0.2, 0) is 9.59 Å². The van der Waals surface area contributed by atoms with Crippen molar-refractivity contribution in [1.29, 1.82) is 0 Å². The number of hydrogen-bond acceptors (Lipinski definition) is 11. The quantitative estimate of drug-likeness (QED) is 0.146. The summed E-state index contributed by atoms with van der Waals surface area (Å²) in [7, 11) is 0. The van der Waals surface area contributed by atoms with Gasteiger partial charge in [0.15, 0.2) is 12.0 Å². The zero-order valence-electron chi connectivity index (χ0n) is 19.6. The Kier molecular flexibility index (Phi) is 5.52. The Morgan fingerprint density at radius 1 is 1.31 bits per heavy atom. The molecule has 4 aliphatic rings. The van der Waals surface area contributed by atoms with Gasteiger partial charge in [0.25, 0.3) is 11.6 Å². The highest BCUT2D eigenvalue weighted by Gasteiger charge is 2.76. The van der Waals surface area contributed by atoms with Crippen molar-refractivity contribution in [2.45, 2.75) is 49.3 Å². The van der Waals surface area contributed by atoms with Gasteiger partial charge in [0.05, 0.1) is 19.7 Å². The lowest BCUT2D eigenvalue weighted by Gasteiger charge is -2.46. The van der Waals surface area contributed by atoms with Crippen molar-refractivity contribution in [3.05, 3.63) is 29.8 Å². The molecule has 4 heterocycles. The van der Waals surface area contributed by atoms with Crippen molar-refractivity contribution in [2.75, 3.05) is 19.7 Å². The Balaban J connectivity index is 1.44. The molecule has 1 aromatic carbocycles. The van der Waals surface area contributed by atoms with Crippen molar-refractivity contribution >= 4 is 29.6 Å². The number of imide groups is 1. The minimum atomic E-state index is -2.60. The molecule has 4 atom stereocenters. The molecule has 0 unspecified atom stereocenters. The molecule has 36 heavy (non-hydrogen) atoms. The van der Waals surface area contributed by atoms with Crippen LogP contribution in [0.3, 0.4) is 0 Å². The first kappa shape index (κ1) is 23.8. The van der Waals surface area contributed by atoms with E-state index in [9.17, 15) is 24.6 Å². The number of aliphatic imine (C=N–C) groups is 1. The number of ether oxygens (including phenoxy) is 1. The summed E-state index contributed by atoms with van der Waals surface area (Å²) >= 11 is 0. The zero-order valence-corrected chi connectivity index (χ0v) is 19.6. The van der Waals surface area contributed by atoms with Gasteiger partial charge in [-0.15, -0.1) is 0 Å². The largest absolute Gasteiger partial charge is 0.494 e. The van der Waals surface area contributed by atoms with Gasteiger partial charge in [-0.05, 0) is 25.1 Å². The van der Waals surface area contributed by atoms with Crippen LogP contribution in [0.15, 0.2) is 29.3 Å². The number of nitrogens with zero attached hydrogens (tertiary/aromatic N) is 3. The summed E-state index contributed by atoms with van der Waals surface area (Å²) in [5.41, 5.74) is 10.8. The van der Waals surface area contributed by atoms with Crippen molar-refractivity contribution in [3.63, 3.8) is 0 Å². The number of nitrogens with two attached hydrogens (primary N) is 2. The fraction of sp³-hybridized carbons (Fsp3) is 0.500. The first-order chi connectivity index (χ1) is 17.1. The molecule has 3 amide bonds. The molecule has 9 N–H and O–H groups in total. The summed E-state index contributed by atoms with van der Waals surface area (Å²) in [5.74, 6) is -3.34. The number of amides is 3. The van der Waals surface area contributed by atoms with E-state index in [1.807, 2.05) is 6.92 Å². The number of carbonyl (C=O) groups is 3. The number of aliphatic hydroxyl groups is 2. The maximum atomic E-state index is 13.0. The van der Waals surface area contributed by atoms with Gasteiger partial charge in [0.2, 0.25) is 17.6 Å². The van der Waals surface area contributed by atoms with Gasteiger partial charge < -0.3 is 26.0 Å². The van der Waals surface area contributed by atoms with E-state index in [2.05, 4.69) is 20.6 Å². The van der Waals surface area contributed by atoms with Crippen LogP contribution >= 0.6 is 0 Å². The van der Waals surface area contributed by atoms with Gasteiger partial charge in [0.1, 0.15) is 17.8 Å². The number of guanidine groups is 2. The van der Waals surface area contributed by atoms with Crippen molar-refractivity contribution in [3.8, 4) is 5.75 Å². The fourth-order valence-corrected chi connectivity index (χ4v) is 5.47. The Bertz CT molecular complexity index is 1170. The second kappa shape index (κ2) is 8.34. The lowest BCUT2D eigenvalue weighted by atomic mass is 9.84. The standard InChI is InChI=1S/C22H28N8O6/c1-2-36-12-5-3-4-11(8-12)18(33)26-14-10-30-20(24)25-13(9-29-15(31)6-7-16(29)32)17-21(30,22(14,34)35)28-19(23)27-17/h3-5,8,13-14,17,34-35H,2,6-7,9-10H2,1H3,(H2,24,25)(H,26,33)(H3,23,27,28)/p+1/t13-,14-,17-,21-/m0/s1. The van der Waals surface area contributed by atoms with Crippen LogP contribution < -0.4 is 31.8 Å². The number of likely N-dealkylation sites (tertiary alicyclic amines) is 1. The first-order valence-corrected chi connectivity index (χ1v) is 11.7. The number of nitrogens with one attached hydrogen (secondary N) is 3. The molecular formula is C22H29N8O6+. The molecule has 0 saturated carbocycles. The van der Waals surface area contributed by atoms with Crippen LogP contribution in [0.2, 0.25) is 0 Å². The lowest BCUT2D eigenvalue weighted by Crippen LogP contribution is -2.90. The average Bonchev–Trinajstić information content (AvgIpc) is 3.42. The van der Waals surface area contributed by atoms with Gasteiger partial charge >= 0.3 is 5.96 Å². The van der Waals surface area contributed by atoms with E-state index < -0.39 is 35.5 Å². The summed E-state index contributed by atoms with van der Waals surface area (Å²) in [5, 5.41) is 28.6. The molecule has 2 fully saturated rings. The number of carbonyl (C=O) groups excluding carboxylic acids is 3. The highest BCUT2D eigenvalue weighted by Crippen LogP contribution is 2.41. The number of rotatable bonds is 6. The van der Waals surface area contributed by atoms with Crippen LogP contribution in [0.5, 0.6) is 5.75 Å². The molecule has 192 valence electrons. The predicted octanol–water partition coefficient (Wildman–Crippen LogP) is -4.91. The zero-order chi connectivity index (χ0) is 25.8. The molecule has 14 nitrogen and oxygen atoms in total. The highest BCUT2D eigenvalue weighted by molar-refractivity contribution is 6.02. The second-order valence-electron chi connectivity index (χ2n) is 9.20. The van der Waals surface area contributed by atoms with E-state index in [4.69, 9.17) is 16.2 Å². The minimum absolute atomic E-state index is 0.0304. The van der Waals surface area contributed by atoms with Gasteiger partial charge in [0, 0.05) is 18.4 Å². The molecule has 2 saturated heterocycles. The molecule has 5 rings (SSSR count). The molecule has 14 heteroatoms. The maximum Gasteiger partial charge on any atom is 0.343 e. The van der Waals surface area contributed by atoms with Crippen LogP contribution in [0.1, 0.15) is 30.1 Å². The second-order valence-corrected chi connectivity index (χ2v) is 9.20. The van der Waals surface area contributed by atoms with Crippen molar-refractivity contribution in [1.82, 2.24) is 20.4 Å². The Morgan fingerprint density at radius 2 is 2.03 bits per heavy atom. The third-order valence-corrected chi connectivity index (χ3v) is 7.12. The summed E-state index contributed by atoms with van der Waals surface area (Å²) in [4.78, 5) is 47.4. The van der Waals surface area contributed by atoms with Crippen molar-refractivity contribution < 1.29 is 34.3 Å². The molecule has 1 aromatic rings. The van der Waals surface area contributed by atoms with E-state index in [-0.39, 0.29) is 55.2 Å². The van der Waals surface area contributed by atoms with E-state index >= 15 is 0 Å². The van der Waals surface area contributed by atoms with E-state index in [0.29, 0.717) is 12.4 Å². The monoisotopic (exact) mass is 501 g/mol. The summed E-state index contributed by atoms with van der Waals surface area (Å²) in [6.07, 6.45) is 0.213. The van der Waals surface area contributed by atoms with Gasteiger partial charge in [-0.1, -0.05) is 6.07 Å². The van der Waals surface area contributed by atoms with Crippen LogP contribution in [0.25, 0.3) is 0 Å². The summed E-state index contributed by atoms with van der Waals surface area (Å²) < 4.78 is 5.44. The highest BCUT2D eigenvalue weighted by atomic mass is 16.5. The predicted molar refractivity (Wildman–Crippen MR) is 124 cm³/mol. The number of hydrogen-bond donors (Lipinski definition) is 7. The van der Waals surface area contributed by atoms with Gasteiger partial charge in [-0.3, -0.25) is 34.9 Å². The summed E-state index contributed by atoms with van der Waals surface area (Å²) in [6.45, 7) is 2.03. The normalized spacial score (nSPS) is 30.4. The van der Waals surface area contributed by atoms with Crippen LogP contribution in [0, 0.1) is 0 Å². The van der Waals surface area contributed by atoms with Crippen LogP contribution in [0.4, 0.5) is 0 Å². The van der Waals surface area contributed by atoms with Crippen molar-refractivity contribution in [2.24, 2.45) is 16.5 Å². The van der Waals surface area contributed by atoms with Gasteiger partial charge in [-0.25, -0.2) is 10.3 Å². The van der Waals surface area contributed by atoms with Gasteiger partial charge in [-0.2, -0.15) is 0 Å². The van der Waals surface area contributed by atoms with E-state index in [1.165, 1.54) is 4.90 Å². The average molecular weight is 502 g/mol. The topological polar surface area (TPSA) is 210 Å². The third kappa shape index (κ3) is 3.44. The fourth-order valence-electron chi connectivity index (χ4n) is 5.47. The molecule has 0 bridgehead atoms. The molecule has 4 aliphatic heterocycles. The molecule has 1 spiro atoms. The smallest absolute Gasteiger partial charge is 0.343 e. The Hall–Kier alpha value is -3.91.